The summed E-state index contributed by atoms with van der Waals surface area (Å²) in [5, 5.41) is 21.3. The van der Waals surface area contributed by atoms with Crippen molar-refractivity contribution in [3.05, 3.63) is 115 Å². The molecule has 0 spiro atoms. The minimum atomic E-state index is -0.696. The van der Waals surface area contributed by atoms with Crippen LogP contribution in [0.25, 0.3) is 0 Å². The van der Waals surface area contributed by atoms with Gasteiger partial charge in [0, 0.05) is 46.5 Å². The minimum absolute atomic E-state index is 0.0868. The zero-order valence-corrected chi connectivity index (χ0v) is 18.1. The van der Waals surface area contributed by atoms with Crippen molar-refractivity contribution in [2.45, 2.75) is 0 Å². The van der Waals surface area contributed by atoms with Crippen LogP contribution in [-0.2, 0) is 0 Å². The number of benzene rings is 3. The predicted molar refractivity (Wildman–Crippen MR) is 122 cm³/mol. The zero-order chi connectivity index (χ0) is 26.2. The van der Waals surface area contributed by atoms with Crippen LogP contribution in [0.3, 0.4) is 0 Å². The van der Waals surface area contributed by atoms with Gasteiger partial charge in [-0.15, -0.1) is 0 Å². The van der Waals surface area contributed by atoms with Crippen LogP contribution in [0.1, 0.15) is 41.4 Å². The molecule has 0 aromatic heterocycles. The number of carbonyl (C=O) groups excluding carboxylic acids is 4. The van der Waals surface area contributed by atoms with Crippen LogP contribution < -0.4 is 21.7 Å². The molecule has 36 heavy (non-hydrogen) atoms. The number of hydrogen-bond donors (Lipinski definition) is 4. The molecule has 0 aliphatic heterocycles. The molecule has 14 heteroatoms. The molecule has 0 radical (unpaired) electrons. The number of rotatable bonds is 6. The van der Waals surface area contributed by atoms with Gasteiger partial charge in [-0.25, -0.2) is 0 Å². The van der Waals surface area contributed by atoms with Gasteiger partial charge in [-0.05, 0) is 48.5 Å². The molecule has 0 saturated carbocycles. The van der Waals surface area contributed by atoms with Crippen molar-refractivity contribution in [1.82, 2.24) is 21.7 Å². The van der Waals surface area contributed by atoms with Crippen molar-refractivity contribution in [3.8, 4) is 0 Å². The maximum atomic E-state index is 12.2. The fraction of sp³-hybridized carbons (Fsp3) is 0. The second-order valence-corrected chi connectivity index (χ2v) is 7.00. The van der Waals surface area contributed by atoms with E-state index in [9.17, 15) is 39.4 Å². The molecule has 3 aromatic rings. The highest BCUT2D eigenvalue weighted by Gasteiger charge is 2.14. The molecule has 182 valence electrons. The van der Waals surface area contributed by atoms with Crippen LogP contribution in [0.15, 0.2) is 72.8 Å². The fourth-order valence-electron chi connectivity index (χ4n) is 2.76. The summed E-state index contributed by atoms with van der Waals surface area (Å²) in [7, 11) is 0. The number of hydrazine groups is 2. The average molecular weight is 492 g/mol. The van der Waals surface area contributed by atoms with Gasteiger partial charge in [0.15, 0.2) is 0 Å². The standard InChI is InChI=1S/C22H16N6O8/c29-19(23-25-21(31)15-5-9-17(10-6-15)27(33)34)13-1-2-14(4-3-13)20(30)24-26-22(32)16-7-11-18(12-8-16)28(35)36/h1-12H,(H,23,29)(H,24,30)(H,25,31)(H,26,32). The SMILES string of the molecule is O=C(NNC(=O)c1ccc([N+](=O)[O-])cc1)c1ccc(C(=O)NNC(=O)c2ccc([N+](=O)[O-])cc2)cc1. The van der Waals surface area contributed by atoms with Crippen molar-refractivity contribution in [3.63, 3.8) is 0 Å². The molecule has 3 rings (SSSR count). The molecule has 4 N–H and O–H groups in total. The van der Waals surface area contributed by atoms with Gasteiger partial charge < -0.3 is 0 Å². The maximum Gasteiger partial charge on any atom is 0.269 e. The fourth-order valence-corrected chi connectivity index (χ4v) is 2.76. The third-order valence-electron chi connectivity index (χ3n) is 4.67. The minimum Gasteiger partial charge on any atom is -0.267 e. The number of nitrogens with zero attached hydrogens (tertiary/aromatic N) is 2. The maximum absolute atomic E-state index is 12.2. The number of amides is 4. The van der Waals surface area contributed by atoms with Crippen LogP contribution in [0.2, 0.25) is 0 Å². The lowest BCUT2D eigenvalue weighted by Crippen LogP contribution is -2.42. The summed E-state index contributed by atoms with van der Waals surface area (Å²) in [5.41, 5.74) is 8.70. The van der Waals surface area contributed by atoms with Crippen molar-refractivity contribution >= 4 is 35.0 Å². The van der Waals surface area contributed by atoms with E-state index in [1.807, 2.05) is 0 Å². The first-order valence-corrected chi connectivity index (χ1v) is 9.96. The number of nitro benzene ring substituents is 2. The van der Waals surface area contributed by atoms with Crippen molar-refractivity contribution < 1.29 is 29.0 Å². The first-order chi connectivity index (χ1) is 17.2. The van der Waals surface area contributed by atoms with Gasteiger partial charge in [-0.1, -0.05) is 0 Å². The van der Waals surface area contributed by atoms with E-state index in [1.165, 1.54) is 48.5 Å². The van der Waals surface area contributed by atoms with Gasteiger partial charge in [0.2, 0.25) is 0 Å². The Bertz CT molecular complexity index is 1230. The number of nitrogens with one attached hydrogen (secondary N) is 4. The molecule has 3 aromatic carbocycles. The van der Waals surface area contributed by atoms with Crippen LogP contribution >= 0.6 is 0 Å². The predicted octanol–water partition coefficient (Wildman–Crippen LogP) is 1.65. The molecular weight excluding hydrogens is 476 g/mol. The monoisotopic (exact) mass is 492 g/mol. The quantitative estimate of drug-likeness (QED) is 0.293. The number of hydrogen-bond acceptors (Lipinski definition) is 8. The van der Waals surface area contributed by atoms with Gasteiger partial charge in [-0.3, -0.25) is 61.1 Å². The highest BCUT2D eigenvalue weighted by Crippen LogP contribution is 2.12. The van der Waals surface area contributed by atoms with E-state index in [4.69, 9.17) is 0 Å². The molecule has 0 aliphatic rings. The molecular formula is C22H16N6O8. The zero-order valence-electron chi connectivity index (χ0n) is 18.1. The van der Waals surface area contributed by atoms with Gasteiger partial charge in [0.25, 0.3) is 35.0 Å². The highest BCUT2D eigenvalue weighted by atomic mass is 16.6. The van der Waals surface area contributed by atoms with Crippen LogP contribution in [0.5, 0.6) is 0 Å². The summed E-state index contributed by atoms with van der Waals surface area (Å²) in [6, 6.07) is 14.7. The first kappa shape index (κ1) is 25.0. The third-order valence-corrected chi connectivity index (χ3v) is 4.67. The van der Waals surface area contributed by atoms with Gasteiger partial charge in [-0.2, -0.15) is 0 Å². The molecule has 14 nitrogen and oxygen atoms in total. The highest BCUT2D eigenvalue weighted by molar-refractivity contribution is 6.01. The van der Waals surface area contributed by atoms with Crippen LogP contribution in [0.4, 0.5) is 11.4 Å². The Morgan fingerprint density at radius 3 is 0.833 bits per heavy atom. The van der Waals surface area contributed by atoms with Crippen molar-refractivity contribution in [2.75, 3.05) is 0 Å². The van der Waals surface area contributed by atoms with E-state index in [-0.39, 0.29) is 33.6 Å². The molecule has 0 saturated heterocycles. The van der Waals surface area contributed by atoms with E-state index < -0.39 is 33.5 Å². The van der Waals surface area contributed by atoms with Gasteiger partial charge in [0.05, 0.1) is 9.85 Å². The van der Waals surface area contributed by atoms with E-state index in [1.54, 1.807) is 0 Å². The van der Waals surface area contributed by atoms with Crippen LogP contribution in [-0.4, -0.2) is 33.5 Å². The van der Waals surface area contributed by atoms with E-state index in [0.29, 0.717) is 0 Å². The topological polar surface area (TPSA) is 203 Å². The Balaban J connectivity index is 1.50. The first-order valence-electron chi connectivity index (χ1n) is 9.96. The lowest BCUT2D eigenvalue weighted by atomic mass is 10.1. The van der Waals surface area contributed by atoms with Gasteiger partial charge in [0.1, 0.15) is 0 Å². The Hall–Kier alpha value is -5.66. The molecule has 0 heterocycles. The number of non-ortho nitro benzene ring substituents is 2. The second-order valence-electron chi connectivity index (χ2n) is 7.00. The summed E-state index contributed by atoms with van der Waals surface area (Å²) >= 11 is 0. The van der Waals surface area contributed by atoms with E-state index in [2.05, 4.69) is 21.7 Å². The molecule has 0 unspecified atom stereocenters. The summed E-state index contributed by atoms with van der Waals surface area (Å²) in [4.78, 5) is 68.7. The van der Waals surface area contributed by atoms with Gasteiger partial charge >= 0.3 is 0 Å². The number of carbonyl (C=O) groups is 4. The molecule has 0 bridgehead atoms. The largest absolute Gasteiger partial charge is 0.269 e. The van der Waals surface area contributed by atoms with Crippen LogP contribution in [0, 0.1) is 20.2 Å². The van der Waals surface area contributed by atoms with E-state index >= 15 is 0 Å². The number of nitro groups is 2. The molecule has 0 atom stereocenters. The van der Waals surface area contributed by atoms with Crippen molar-refractivity contribution in [1.29, 1.82) is 0 Å². The third kappa shape index (κ3) is 6.22. The summed E-state index contributed by atoms with van der Waals surface area (Å²) in [6.07, 6.45) is 0. The average Bonchev–Trinajstić information content (AvgIpc) is 2.90. The molecule has 0 fully saturated rings. The van der Waals surface area contributed by atoms with E-state index in [0.717, 1.165) is 24.3 Å². The lowest BCUT2D eigenvalue weighted by molar-refractivity contribution is -0.385. The summed E-state index contributed by atoms with van der Waals surface area (Å²) in [6.45, 7) is 0. The Kier molecular flexibility index (Phi) is 7.61. The normalized spacial score (nSPS) is 10.0. The molecule has 4 amide bonds. The Morgan fingerprint density at radius 2 is 0.639 bits per heavy atom. The molecule has 0 aliphatic carbocycles. The smallest absolute Gasteiger partial charge is 0.267 e. The Morgan fingerprint density at radius 1 is 0.444 bits per heavy atom. The second kappa shape index (κ2) is 11.0. The van der Waals surface area contributed by atoms with Crippen molar-refractivity contribution in [2.24, 2.45) is 0 Å². The lowest BCUT2D eigenvalue weighted by Gasteiger charge is -2.09. The Labute approximate surface area is 201 Å². The summed E-state index contributed by atoms with van der Waals surface area (Å²) in [5.74, 6) is -2.77. The summed E-state index contributed by atoms with van der Waals surface area (Å²) < 4.78 is 0.